The van der Waals surface area contributed by atoms with E-state index in [0.717, 1.165) is 11.1 Å². The molecule has 2 nitrogen and oxygen atoms in total. The topological polar surface area (TPSA) is 35.2 Å². The Kier molecular flexibility index (Phi) is 4.64. The van der Waals surface area contributed by atoms with Gasteiger partial charge in [0.1, 0.15) is 6.23 Å². The van der Waals surface area contributed by atoms with Crippen molar-refractivity contribution in [2.24, 2.45) is 5.73 Å². The molecule has 0 spiro atoms. The van der Waals surface area contributed by atoms with Gasteiger partial charge in [0.15, 0.2) is 0 Å². The van der Waals surface area contributed by atoms with Crippen molar-refractivity contribution in [3.63, 3.8) is 0 Å². The highest BCUT2D eigenvalue weighted by Crippen LogP contribution is 2.22. The van der Waals surface area contributed by atoms with E-state index in [4.69, 9.17) is 10.5 Å². The summed E-state index contributed by atoms with van der Waals surface area (Å²) in [5.41, 5.74) is 10.6. The minimum absolute atomic E-state index is 0.412. The van der Waals surface area contributed by atoms with E-state index in [1.54, 1.807) is 0 Å². The molecule has 0 aliphatic carbocycles. The molecule has 0 bridgehead atoms. The number of hydrogen-bond acceptors (Lipinski definition) is 2. The van der Waals surface area contributed by atoms with Crippen molar-refractivity contribution >= 4 is 0 Å². The first-order valence-corrected chi connectivity index (χ1v) is 7.39. The summed E-state index contributed by atoms with van der Waals surface area (Å²) in [6.07, 6.45) is -0.412. The molecule has 2 heteroatoms. The zero-order chi connectivity index (χ0) is 15.2. The molecule has 22 heavy (non-hydrogen) atoms. The Balaban J connectivity index is 1.65. The average molecular weight is 289 g/mol. The summed E-state index contributed by atoms with van der Waals surface area (Å²) < 4.78 is 5.74. The predicted octanol–water partition coefficient (Wildman–Crippen LogP) is 4.53. The van der Waals surface area contributed by atoms with E-state index in [1.807, 2.05) is 60.7 Å². The summed E-state index contributed by atoms with van der Waals surface area (Å²) in [6.45, 7) is 0.516. The molecule has 3 rings (SSSR count). The molecule has 1 atom stereocenters. The summed E-state index contributed by atoms with van der Waals surface area (Å²) in [7, 11) is 0. The highest BCUT2D eigenvalue weighted by Gasteiger charge is 2.07. The number of hydrogen-bond donors (Lipinski definition) is 1. The van der Waals surface area contributed by atoms with Gasteiger partial charge in [0.05, 0.1) is 6.61 Å². The van der Waals surface area contributed by atoms with Gasteiger partial charge < -0.3 is 10.5 Å². The van der Waals surface area contributed by atoms with Crippen molar-refractivity contribution in [1.82, 2.24) is 0 Å². The van der Waals surface area contributed by atoms with Crippen LogP contribution in [0.15, 0.2) is 84.9 Å². The van der Waals surface area contributed by atoms with Crippen LogP contribution in [0, 0.1) is 0 Å². The van der Waals surface area contributed by atoms with Gasteiger partial charge in [0, 0.05) is 0 Å². The van der Waals surface area contributed by atoms with E-state index < -0.39 is 6.23 Å². The van der Waals surface area contributed by atoms with E-state index in [2.05, 4.69) is 24.3 Å². The lowest BCUT2D eigenvalue weighted by Gasteiger charge is -2.14. The second-order valence-electron chi connectivity index (χ2n) is 5.21. The Bertz CT molecular complexity index is 693. The van der Waals surface area contributed by atoms with E-state index >= 15 is 0 Å². The maximum atomic E-state index is 6.11. The van der Waals surface area contributed by atoms with Crippen LogP contribution < -0.4 is 5.73 Å². The van der Waals surface area contributed by atoms with Gasteiger partial charge in [-0.3, -0.25) is 0 Å². The van der Waals surface area contributed by atoms with Crippen LogP contribution in [0.3, 0.4) is 0 Å². The molecule has 0 aliphatic heterocycles. The summed E-state index contributed by atoms with van der Waals surface area (Å²) in [5.74, 6) is 0. The maximum Gasteiger partial charge on any atom is 0.132 e. The third-order valence-corrected chi connectivity index (χ3v) is 3.62. The number of benzene rings is 3. The number of ether oxygens (including phenoxy) is 1. The Labute approximate surface area is 131 Å². The van der Waals surface area contributed by atoms with Gasteiger partial charge in [-0.1, -0.05) is 84.9 Å². The van der Waals surface area contributed by atoms with Crippen LogP contribution >= 0.6 is 0 Å². The monoisotopic (exact) mass is 289 g/mol. The fourth-order valence-electron chi connectivity index (χ4n) is 2.35. The van der Waals surface area contributed by atoms with Crippen LogP contribution in [-0.4, -0.2) is 0 Å². The summed E-state index contributed by atoms with van der Waals surface area (Å²) >= 11 is 0. The van der Waals surface area contributed by atoms with Crippen LogP contribution in [0.1, 0.15) is 17.4 Å². The van der Waals surface area contributed by atoms with Crippen molar-refractivity contribution < 1.29 is 4.74 Å². The third-order valence-electron chi connectivity index (χ3n) is 3.62. The lowest BCUT2D eigenvalue weighted by molar-refractivity contribution is 0.0441. The first-order valence-electron chi connectivity index (χ1n) is 7.39. The smallest absolute Gasteiger partial charge is 0.132 e. The molecule has 0 saturated heterocycles. The van der Waals surface area contributed by atoms with Gasteiger partial charge in [-0.25, -0.2) is 0 Å². The Morgan fingerprint density at radius 1 is 0.682 bits per heavy atom. The Morgan fingerprint density at radius 2 is 1.23 bits per heavy atom. The fraction of sp³-hybridized carbons (Fsp3) is 0.100. The quantitative estimate of drug-likeness (QED) is 0.700. The molecule has 2 N–H and O–H groups in total. The Hall–Kier alpha value is -2.42. The van der Waals surface area contributed by atoms with Crippen molar-refractivity contribution in [3.8, 4) is 11.1 Å². The number of rotatable bonds is 5. The number of nitrogens with two attached hydrogens (primary N) is 1. The molecule has 110 valence electrons. The minimum atomic E-state index is -0.412. The van der Waals surface area contributed by atoms with Crippen LogP contribution in [0.5, 0.6) is 0 Å². The molecular weight excluding hydrogens is 270 g/mol. The highest BCUT2D eigenvalue weighted by molar-refractivity contribution is 5.63. The maximum absolute atomic E-state index is 6.11. The van der Waals surface area contributed by atoms with Crippen LogP contribution in [0.25, 0.3) is 11.1 Å². The third kappa shape index (κ3) is 3.61. The van der Waals surface area contributed by atoms with Gasteiger partial charge in [0.25, 0.3) is 0 Å². The van der Waals surface area contributed by atoms with Gasteiger partial charge in [-0.05, 0) is 22.3 Å². The fourth-order valence-corrected chi connectivity index (χ4v) is 2.35. The average Bonchev–Trinajstić information content (AvgIpc) is 2.61. The molecule has 0 heterocycles. The molecule has 3 aromatic rings. The van der Waals surface area contributed by atoms with Crippen LogP contribution in [0.4, 0.5) is 0 Å². The zero-order valence-electron chi connectivity index (χ0n) is 12.4. The van der Waals surface area contributed by atoms with Gasteiger partial charge >= 0.3 is 0 Å². The van der Waals surface area contributed by atoms with E-state index in [1.165, 1.54) is 11.1 Å². The molecule has 0 aromatic heterocycles. The lowest BCUT2D eigenvalue weighted by Crippen LogP contribution is -2.14. The highest BCUT2D eigenvalue weighted by atomic mass is 16.5. The second-order valence-corrected chi connectivity index (χ2v) is 5.21. The van der Waals surface area contributed by atoms with E-state index in [9.17, 15) is 0 Å². The van der Waals surface area contributed by atoms with Gasteiger partial charge in [-0.2, -0.15) is 0 Å². The molecular formula is C20H19NO. The van der Waals surface area contributed by atoms with Crippen LogP contribution in [-0.2, 0) is 11.3 Å². The molecule has 0 radical (unpaired) electrons. The SMILES string of the molecule is NC(OCc1ccccc1)c1ccc(-c2ccccc2)cc1. The van der Waals surface area contributed by atoms with Crippen molar-refractivity contribution in [3.05, 3.63) is 96.1 Å². The first kappa shape index (κ1) is 14.5. The van der Waals surface area contributed by atoms with Crippen molar-refractivity contribution in [1.29, 1.82) is 0 Å². The van der Waals surface area contributed by atoms with Crippen LogP contribution in [0.2, 0.25) is 0 Å². The first-order chi connectivity index (χ1) is 10.8. The zero-order valence-corrected chi connectivity index (χ0v) is 12.4. The molecule has 3 aromatic carbocycles. The van der Waals surface area contributed by atoms with Crippen molar-refractivity contribution in [2.75, 3.05) is 0 Å². The molecule has 0 amide bonds. The van der Waals surface area contributed by atoms with Crippen molar-refractivity contribution in [2.45, 2.75) is 12.8 Å². The van der Waals surface area contributed by atoms with Gasteiger partial charge in [-0.15, -0.1) is 0 Å². The Morgan fingerprint density at radius 3 is 1.86 bits per heavy atom. The van der Waals surface area contributed by atoms with E-state index in [-0.39, 0.29) is 0 Å². The minimum Gasteiger partial charge on any atom is -0.355 e. The largest absolute Gasteiger partial charge is 0.355 e. The lowest BCUT2D eigenvalue weighted by atomic mass is 10.0. The summed E-state index contributed by atoms with van der Waals surface area (Å²) in [5, 5.41) is 0. The normalized spacial score (nSPS) is 12.0. The molecule has 1 unspecified atom stereocenters. The van der Waals surface area contributed by atoms with Gasteiger partial charge in [0.2, 0.25) is 0 Å². The molecule has 0 aliphatic rings. The van der Waals surface area contributed by atoms with E-state index in [0.29, 0.717) is 6.61 Å². The predicted molar refractivity (Wildman–Crippen MR) is 90.0 cm³/mol. The summed E-state index contributed by atoms with van der Waals surface area (Å²) in [4.78, 5) is 0. The second kappa shape index (κ2) is 7.03. The molecule has 0 fully saturated rings. The summed E-state index contributed by atoms with van der Waals surface area (Å²) in [6, 6.07) is 28.6. The molecule has 0 saturated carbocycles. The standard InChI is InChI=1S/C20H19NO/c21-20(22-15-16-7-3-1-4-8-16)19-13-11-18(12-14-19)17-9-5-2-6-10-17/h1-14,20H,15,21H2.